The van der Waals surface area contributed by atoms with Crippen molar-refractivity contribution in [2.24, 2.45) is 0 Å². The molecule has 0 saturated heterocycles. The molecule has 0 spiro atoms. The van der Waals surface area contributed by atoms with Crippen molar-refractivity contribution in [2.75, 3.05) is 0 Å². The monoisotopic (exact) mass is 334 g/mol. The Morgan fingerprint density at radius 1 is 0.947 bits per heavy atom. The second-order valence-corrected chi connectivity index (χ2v) is 4.24. The zero-order chi connectivity index (χ0) is 14.0. The van der Waals surface area contributed by atoms with Gasteiger partial charge in [0.1, 0.15) is 0 Å². The van der Waals surface area contributed by atoms with E-state index in [9.17, 15) is 17.6 Å². The lowest BCUT2D eigenvalue weighted by molar-refractivity contribution is 0.375. The number of alkyl halides is 1. The van der Waals surface area contributed by atoms with Gasteiger partial charge in [0.2, 0.25) is 5.82 Å². The van der Waals surface area contributed by atoms with Gasteiger partial charge in [0.15, 0.2) is 29.0 Å². The molecule has 0 radical (unpaired) electrons. The molecule has 0 amide bonds. The average molecular weight is 335 g/mol. The van der Waals surface area contributed by atoms with E-state index < -0.39 is 34.8 Å². The maximum absolute atomic E-state index is 13.6. The number of ether oxygens (including phenoxy) is 1. The Hall–Kier alpha value is -1.56. The fraction of sp³-hybridized carbons (Fsp3) is 0.0769. The topological polar surface area (TPSA) is 9.23 Å². The van der Waals surface area contributed by atoms with Crippen molar-refractivity contribution in [2.45, 2.75) is 5.33 Å². The zero-order valence-corrected chi connectivity index (χ0v) is 11.0. The van der Waals surface area contributed by atoms with Crippen LogP contribution in [0.15, 0.2) is 30.3 Å². The standard InChI is InChI=1S/C13H7BrF4O/c14-6-7-4-9(16)13(10(17)5-7)19-11-3-1-2-8(15)12(11)18/h1-5H,6H2. The van der Waals surface area contributed by atoms with Gasteiger partial charge in [-0.1, -0.05) is 22.0 Å². The zero-order valence-electron chi connectivity index (χ0n) is 9.39. The van der Waals surface area contributed by atoms with Gasteiger partial charge >= 0.3 is 0 Å². The maximum atomic E-state index is 13.6. The maximum Gasteiger partial charge on any atom is 0.201 e. The lowest BCUT2D eigenvalue weighted by Gasteiger charge is -2.10. The molecule has 0 fully saturated rings. The van der Waals surface area contributed by atoms with Gasteiger partial charge in [0.25, 0.3) is 0 Å². The predicted octanol–water partition coefficient (Wildman–Crippen LogP) is 4.93. The Morgan fingerprint density at radius 3 is 2.16 bits per heavy atom. The summed E-state index contributed by atoms with van der Waals surface area (Å²) in [6.07, 6.45) is 0. The van der Waals surface area contributed by atoms with Gasteiger partial charge < -0.3 is 4.74 Å². The average Bonchev–Trinajstić information content (AvgIpc) is 2.38. The van der Waals surface area contributed by atoms with Crippen LogP contribution in [0.2, 0.25) is 0 Å². The van der Waals surface area contributed by atoms with Crippen LogP contribution in [0.5, 0.6) is 11.5 Å². The van der Waals surface area contributed by atoms with E-state index in [4.69, 9.17) is 4.74 Å². The third-order valence-corrected chi connectivity index (χ3v) is 2.99. The van der Waals surface area contributed by atoms with Crippen LogP contribution in [0.25, 0.3) is 0 Å². The van der Waals surface area contributed by atoms with Gasteiger partial charge in [0.05, 0.1) is 0 Å². The molecule has 0 atom stereocenters. The van der Waals surface area contributed by atoms with Crippen LogP contribution in [0, 0.1) is 23.3 Å². The van der Waals surface area contributed by atoms with E-state index in [0.29, 0.717) is 5.56 Å². The van der Waals surface area contributed by atoms with E-state index in [1.54, 1.807) is 0 Å². The van der Waals surface area contributed by atoms with Gasteiger partial charge in [0, 0.05) is 5.33 Å². The van der Waals surface area contributed by atoms with E-state index in [-0.39, 0.29) is 5.33 Å². The van der Waals surface area contributed by atoms with Crippen molar-refractivity contribution in [1.82, 2.24) is 0 Å². The minimum atomic E-state index is -1.30. The highest BCUT2D eigenvalue weighted by atomic mass is 79.9. The molecular weight excluding hydrogens is 328 g/mol. The first-order chi connectivity index (χ1) is 9.02. The predicted molar refractivity (Wildman–Crippen MR) is 65.4 cm³/mol. The van der Waals surface area contributed by atoms with Crippen molar-refractivity contribution in [1.29, 1.82) is 0 Å². The number of hydrogen-bond acceptors (Lipinski definition) is 1. The largest absolute Gasteiger partial charge is 0.448 e. The Labute approximate surface area is 114 Å². The molecule has 19 heavy (non-hydrogen) atoms. The van der Waals surface area contributed by atoms with E-state index in [0.717, 1.165) is 24.3 Å². The SMILES string of the molecule is Fc1cccc(Oc2c(F)cc(CBr)cc2F)c1F. The van der Waals surface area contributed by atoms with Gasteiger partial charge in [-0.2, -0.15) is 4.39 Å². The highest BCUT2D eigenvalue weighted by Gasteiger charge is 2.16. The molecule has 0 aromatic heterocycles. The second kappa shape index (κ2) is 5.61. The van der Waals surface area contributed by atoms with Crippen molar-refractivity contribution < 1.29 is 22.3 Å². The molecule has 0 saturated carbocycles. The van der Waals surface area contributed by atoms with Crippen molar-refractivity contribution >= 4 is 15.9 Å². The molecule has 0 unspecified atom stereocenters. The highest BCUT2D eigenvalue weighted by molar-refractivity contribution is 9.08. The molecule has 0 bridgehead atoms. The molecule has 0 N–H and O–H groups in total. The normalized spacial score (nSPS) is 10.6. The Balaban J connectivity index is 2.41. The van der Waals surface area contributed by atoms with Gasteiger partial charge in [-0.15, -0.1) is 0 Å². The molecule has 0 aliphatic heterocycles. The van der Waals surface area contributed by atoms with Gasteiger partial charge in [-0.25, -0.2) is 13.2 Å². The molecule has 0 heterocycles. The Bertz CT molecular complexity index is 593. The van der Waals surface area contributed by atoms with E-state index in [1.807, 2.05) is 0 Å². The quantitative estimate of drug-likeness (QED) is 0.571. The van der Waals surface area contributed by atoms with Crippen LogP contribution in [0.3, 0.4) is 0 Å². The molecule has 2 aromatic rings. The summed E-state index contributed by atoms with van der Waals surface area (Å²) in [7, 11) is 0. The van der Waals surface area contributed by atoms with Crippen LogP contribution in [-0.2, 0) is 5.33 Å². The first-order valence-electron chi connectivity index (χ1n) is 5.18. The van der Waals surface area contributed by atoms with Crippen LogP contribution in [-0.4, -0.2) is 0 Å². The molecule has 2 rings (SSSR count). The lowest BCUT2D eigenvalue weighted by atomic mass is 10.2. The fourth-order valence-electron chi connectivity index (χ4n) is 1.46. The molecule has 0 aliphatic carbocycles. The molecule has 1 nitrogen and oxygen atoms in total. The first kappa shape index (κ1) is 13.9. The number of halogens is 5. The smallest absolute Gasteiger partial charge is 0.201 e. The van der Waals surface area contributed by atoms with E-state index in [1.165, 1.54) is 6.07 Å². The summed E-state index contributed by atoms with van der Waals surface area (Å²) in [5, 5.41) is 0.259. The Morgan fingerprint density at radius 2 is 1.58 bits per heavy atom. The van der Waals surface area contributed by atoms with Crippen molar-refractivity contribution in [3.8, 4) is 11.5 Å². The molecule has 100 valence electrons. The minimum absolute atomic E-state index is 0.259. The van der Waals surface area contributed by atoms with Crippen LogP contribution in [0.4, 0.5) is 17.6 Å². The number of rotatable bonds is 3. The van der Waals surface area contributed by atoms with Crippen LogP contribution >= 0.6 is 15.9 Å². The number of benzene rings is 2. The summed E-state index contributed by atoms with van der Waals surface area (Å²) in [4.78, 5) is 0. The second-order valence-electron chi connectivity index (χ2n) is 3.68. The third kappa shape index (κ3) is 2.89. The number of hydrogen-bond donors (Lipinski definition) is 0. The summed E-state index contributed by atoms with van der Waals surface area (Å²) in [5.74, 6) is -5.78. The van der Waals surface area contributed by atoms with E-state index >= 15 is 0 Å². The highest BCUT2D eigenvalue weighted by Crippen LogP contribution is 2.31. The first-order valence-corrected chi connectivity index (χ1v) is 6.31. The lowest BCUT2D eigenvalue weighted by Crippen LogP contribution is -1.97. The fourth-order valence-corrected chi connectivity index (χ4v) is 1.78. The summed E-state index contributed by atoms with van der Waals surface area (Å²) < 4.78 is 58.3. The third-order valence-electron chi connectivity index (χ3n) is 2.34. The van der Waals surface area contributed by atoms with Crippen LogP contribution in [0.1, 0.15) is 5.56 Å². The summed E-state index contributed by atoms with van der Waals surface area (Å²) in [6.45, 7) is 0. The Kier molecular flexibility index (Phi) is 4.09. The summed E-state index contributed by atoms with van der Waals surface area (Å²) in [5.41, 5.74) is 0.363. The molecule has 6 heteroatoms. The molecule has 0 aliphatic rings. The van der Waals surface area contributed by atoms with Gasteiger partial charge in [-0.05, 0) is 29.8 Å². The molecule has 2 aromatic carbocycles. The van der Waals surface area contributed by atoms with Crippen molar-refractivity contribution in [3.63, 3.8) is 0 Å². The van der Waals surface area contributed by atoms with Crippen LogP contribution < -0.4 is 4.74 Å². The van der Waals surface area contributed by atoms with Crippen molar-refractivity contribution in [3.05, 3.63) is 59.2 Å². The summed E-state index contributed by atoms with van der Waals surface area (Å²) >= 11 is 3.05. The van der Waals surface area contributed by atoms with Gasteiger partial charge in [-0.3, -0.25) is 0 Å². The minimum Gasteiger partial charge on any atom is -0.448 e. The van der Waals surface area contributed by atoms with E-state index in [2.05, 4.69) is 15.9 Å². The molecular formula is C13H7BrF4O. The summed E-state index contributed by atoms with van der Waals surface area (Å²) in [6, 6.07) is 5.23.